The molecule has 10 heteroatoms. The van der Waals surface area contributed by atoms with E-state index in [0.717, 1.165) is 16.7 Å². The van der Waals surface area contributed by atoms with E-state index in [1.54, 1.807) is 18.2 Å². The number of thioether (sulfide) groups is 1. The molecule has 34 heavy (non-hydrogen) atoms. The highest BCUT2D eigenvalue weighted by Gasteiger charge is 2.34. The van der Waals surface area contributed by atoms with Crippen molar-refractivity contribution in [3.63, 3.8) is 0 Å². The van der Waals surface area contributed by atoms with Crippen LogP contribution >= 0.6 is 11.8 Å². The van der Waals surface area contributed by atoms with E-state index in [9.17, 15) is 18.8 Å². The molecule has 0 aliphatic carbocycles. The molecule has 0 spiro atoms. The number of methoxy groups -OCH3 is 3. The molecule has 0 atom stereocenters. The van der Waals surface area contributed by atoms with Crippen LogP contribution in [-0.4, -0.2) is 56.4 Å². The summed E-state index contributed by atoms with van der Waals surface area (Å²) in [5.41, 5.74) is 1.26. The van der Waals surface area contributed by atoms with Gasteiger partial charge in [-0.3, -0.25) is 19.3 Å². The smallest absolute Gasteiger partial charge is 0.293 e. The predicted octanol–water partition coefficient (Wildman–Crippen LogP) is 3.72. The van der Waals surface area contributed by atoms with Gasteiger partial charge in [0.1, 0.15) is 5.82 Å². The zero-order valence-corrected chi connectivity index (χ0v) is 19.6. The van der Waals surface area contributed by atoms with Crippen LogP contribution in [-0.2, 0) is 9.59 Å². The molecule has 178 valence electrons. The number of amides is 3. The molecule has 1 heterocycles. The first kappa shape index (κ1) is 24.8. The molecule has 1 fully saturated rings. The second-order valence-electron chi connectivity index (χ2n) is 6.97. The molecule has 2 aromatic rings. The van der Waals surface area contributed by atoms with E-state index in [0.29, 0.717) is 28.4 Å². The van der Waals surface area contributed by atoms with E-state index in [-0.39, 0.29) is 23.8 Å². The number of carbonyl (C=O) groups excluding carboxylic acids is 3. The molecule has 1 saturated heterocycles. The lowest BCUT2D eigenvalue weighted by Gasteiger charge is -2.13. The molecular formula is C24H23FN2O6S. The number of halogens is 1. The number of nitrogens with one attached hydrogen (secondary N) is 1. The minimum Gasteiger partial charge on any atom is -0.493 e. The van der Waals surface area contributed by atoms with E-state index in [4.69, 9.17) is 14.2 Å². The predicted molar refractivity (Wildman–Crippen MR) is 127 cm³/mol. The van der Waals surface area contributed by atoms with Gasteiger partial charge in [0.15, 0.2) is 11.5 Å². The van der Waals surface area contributed by atoms with Crippen LogP contribution in [0.25, 0.3) is 12.2 Å². The van der Waals surface area contributed by atoms with Crippen LogP contribution in [0.4, 0.5) is 9.18 Å². The molecular weight excluding hydrogens is 463 g/mol. The van der Waals surface area contributed by atoms with Crippen molar-refractivity contribution in [1.82, 2.24) is 10.2 Å². The summed E-state index contributed by atoms with van der Waals surface area (Å²) in [6.07, 6.45) is 4.43. The topological polar surface area (TPSA) is 94.2 Å². The number of hydrogen-bond acceptors (Lipinski definition) is 7. The summed E-state index contributed by atoms with van der Waals surface area (Å²) in [6, 6.07) is 8.97. The van der Waals surface area contributed by atoms with E-state index < -0.39 is 17.1 Å². The molecule has 3 amide bonds. The Bertz CT molecular complexity index is 1120. The summed E-state index contributed by atoms with van der Waals surface area (Å²) in [6.45, 7) is 0.107. The summed E-state index contributed by atoms with van der Waals surface area (Å²) >= 11 is 0.801. The summed E-state index contributed by atoms with van der Waals surface area (Å²) < 4.78 is 28.9. The van der Waals surface area contributed by atoms with Gasteiger partial charge in [0.25, 0.3) is 11.1 Å². The first-order chi connectivity index (χ1) is 16.4. The van der Waals surface area contributed by atoms with Crippen molar-refractivity contribution < 1.29 is 33.0 Å². The number of imide groups is 1. The first-order valence-corrected chi connectivity index (χ1v) is 10.9. The van der Waals surface area contributed by atoms with Gasteiger partial charge in [-0.15, -0.1) is 0 Å². The molecule has 1 aliphatic rings. The largest absolute Gasteiger partial charge is 0.493 e. The quantitative estimate of drug-likeness (QED) is 0.540. The highest BCUT2D eigenvalue weighted by atomic mass is 32.2. The molecule has 1 N–H and O–H groups in total. The Morgan fingerprint density at radius 1 is 1.03 bits per heavy atom. The van der Waals surface area contributed by atoms with Gasteiger partial charge in [-0.25, -0.2) is 4.39 Å². The van der Waals surface area contributed by atoms with Crippen molar-refractivity contribution in [2.45, 2.75) is 0 Å². The van der Waals surface area contributed by atoms with Gasteiger partial charge in [0, 0.05) is 19.2 Å². The summed E-state index contributed by atoms with van der Waals surface area (Å²) in [7, 11) is 4.49. The number of nitrogens with zero attached hydrogens (tertiary/aromatic N) is 1. The molecule has 0 radical (unpaired) electrons. The third-order valence-corrected chi connectivity index (χ3v) is 5.70. The number of carbonyl (C=O) groups is 3. The van der Waals surface area contributed by atoms with Gasteiger partial charge in [-0.1, -0.05) is 12.1 Å². The van der Waals surface area contributed by atoms with Gasteiger partial charge < -0.3 is 19.5 Å². The molecule has 0 aromatic heterocycles. The summed E-state index contributed by atoms with van der Waals surface area (Å²) in [5.74, 6) is 0.103. The van der Waals surface area contributed by atoms with E-state index in [1.807, 2.05) is 0 Å². The van der Waals surface area contributed by atoms with Crippen molar-refractivity contribution in [2.24, 2.45) is 0 Å². The fourth-order valence-electron chi connectivity index (χ4n) is 3.12. The normalized spacial score (nSPS) is 14.7. The second-order valence-corrected chi connectivity index (χ2v) is 7.96. The maximum Gasteiger partial charge on any atom is 0.293 e. The average molecular weight is 487 g/mol. The van der Waals surface area contributed by atoms with E-state index >= 15 is 0 Å². The van der Waals surface area contributed by atoms with Crippen molar-refractivity contribution in [3.05, 3.63) is 64.3 Å². The van der Waals surface area contributed by atoms with Crippen molar-refractivity contribution in [3.8, 4) is 17.2 Å². The maximum atomic E-state index is 13.0. The molecule has 0 bridgehead atoms. The molecule has 3 rings (SSSR count). The fourth-order valence-corrected chi connectivity index (χ4v) is 3.99. The number of hydrogen-bond donors (Lipinski definition) is 1. The highest BCUT2D eigenvalue weighted by molar-refractivity contribution is 8.18. The monoisotopic (exact) mass is 486 g/mol. The fraction of sp³-hybridized carbons (Fsp3) is 0.208. The van der Waals surface area contributed by atoms with Crippen LogP contribution in [0.2, 0.25) is 0 Å². The van der Waals surface area contributed by atoms with E-state index in [1.165, 1.54) is 57.7 Å². The van der Waals surface area contributed by atoms with Crippen LogP contribution in [0.1, 0.15) is 11.1 Å². The lowest BCUT2D eigenvalue weighted by atomic mass is 10.1. The lowest BCUT2D eigenvalue weighted by Crippen LogP contribution is -2.36. The Balaban J connectivity index is 1.56. The maximum absolute atomic E-state index is 13.0. The summed E-state index contributed by atoms with van der Waals surface area (Å²) in [5, 5.41) is 2.21. The van der Waals surface area contributed by atoms with Crippen molar-refractivity contribution in [1.29, 1.82) is 0 Å². The molecule has 0 unspecified atom stereocenters. The number of ether oxygens (including phenoxy) is 3. The second kappa shape index (κ2) is 11.4. The zero-order valence-electron chi connectivity index (χ0n) is 18.8. The van der Waals surface area contributed by atoms with Gasteiger partial charge in [-0.2, -0.15) is 0 Å². The minimum atomic E-state index is -0.457. The Morgan fingerprint density at radius 3 is 2.26 bits per heavy atom. The third-order valence-electron chi connectivity index (χ3n) is 4.79. The Kier molecular flexibility index (Phi) is 8.31. The van der Waals surface area contributed by atoms with Gasteiger partial charge >= 0.3 is 0 Å². The van der Waals surface area contributed by atoms with Gasteiger partial charge in [0.2, 0.25) is 11.7 Å². The third kappa shape index (κ3) is 5.96. The minimum absolute atomic E-state index is 0.0230. The Hall–Kier alpha value is -3.79. The number of benzene rings is 2. The van der Waals surface area contributed by atoms with Gasteiger partial charge in [0.05, 0.1) is 26.2 Å². The van der Waals surface area contributed by atoms with E-state index in [2.05, 4.69) is 5.32 Å². The zero-order chi connectivity index (χ0) is 24.7. The number of rotatable bonds is 9. The highest BCUT2D eigenvalue weighted by Crippen LogP contribution is 2.38. The van der Waals surface area contributed by atoms with Crippen molar-refractivity contribution in [2.75, 3.05) is 34.4 Å². The van der Waals surface area contributed by atoms with Crippen LogP contribution in [0.5, 0.6) is 17.2 Å². The Morgan fingerprint density at radius 2 is 1.68 bits per heavy atom. The average Bonchev–Trinajstić information content (AvgIpc) is 3.10. The lowest BCUT2D eigenvalue weighted by molar-refractivity contribution is -0.123. The molecule has 1 aliphatic heterocycles. The van der Waals surface area contributed by atoms with Crippen LogP contribution < -0.4 is 19.5 Å². The molecule has 2 aromatic carbocycles. The Labute approximate surface area is 200 Å². The SMILES string of the molecule is COc1cc(/C=C/C(=O)NCCN2C(=O)S/C(=C\c3ccc(F)cc3)C2=O)cc(OC)c1OC. The molecule has 8 nitrogen and oxygen atoms in total. The van der Waals surface area contributed by atoms with Crippen LogP contribution in [0.3, 0.4) is 0 Å². The first-order valence-electron chi connectivity index (χ1n) is 10.1. The molecule has 0 saturated carbocycles. The van der Waals surface area contributed by atoms with Crippen LogP contribution in [0, 0.1) is 5.82 Å². The van der Waals surface area contributed by atoms with Crippen molar-refractivity contribution >= 4 is 41.0 Å². The standard InChI is InChI=1S/C24H23FN2O6S/c1-31-18-12-16(13-19(32-2)22(18)33-3)6-9-21(28)26-10-11-27-23(29)20(34-24(27)30)14-15-4-7-17(25)8-5-15/h4-9,12-14H,10-11H2,1-3H3,(H,26,28)/b9-6+,20-14-. The summed E-state index contributed by atoms with van der Waals surface area (Å²) in [4.78, 5) is 38.2. The van der Waals surface area contributed by atoms with Crippen LogP contribution in [0.15, 0.2) is 47.4 Å². The van der Waals surface area contributed by atoms with Gasteiger partial charge in [-0.05, 0) is 59.3 Å².